The highest BCUT2D eigenvalue weighted by Gasteiger charge is 2.09. The zero-order valence-electron chi connectivity index (χ0n) is 10.0. The van der Waals surface area contributed by atoms with Crippen molar-refractivity contribution in [2.24, 2.45) is 0 Å². The van der Waals surface area contributed by atoms with Crippen molar-refractivity contribution in [1.82, 2.24) is 19.7 Å². The Morgan fingerprint density at radius 2 is 2.21 bits per heavy atom. The quantitative estimate of drug-likeness (QED) is 0.768. The molecule has 3 rings (SSSR count). The lowest BCUT2D eigenvalue weighted by Gasteiger charge is -2.12. The molecule has 6 heteroatoms. The van der Waals surface area contributed by atoms with E-state index >= 15 is 0 Å². The number of anilines is 1. The SMILES string of the molecule is Clc1cccc(NCc2ncc[nH]2)c1-n1cccn1. The Morgan fingerprint density at radius 3 is 2.95 bits per heavy atom. The molecule has 0 atom stereocenters. The fourth-order valence-electron chi connectivity index (χ4n) is 1.87. The molecule has 0 unspecified atom stereocenters. The molecule has 0 amide bonds. The van der Waals surface area contributed by atoms with Gasteiger partial charge < -0.3 is 10.3 Å². The lowest BCUT2D eigenvalue weighted by Crippen LogP contribution is -2.06. The summed E-state index contributed by atoms with van der Waals surface area (Å²) in [7, 11) is 0. The van der Waals surface area contributed by atoms with Gasteiger partial charge >= 0.3 is 0 Å². The van der Waals surface area contributed by atoms with E-state index in [2.05, 4.69) is 20.4 Å². The third-order valence-corrected chi connectivity index (χ3v) is 3.03. The van der Waals surface area contributed by atoms with Crippen molar-refractivity contribution in [3.8, 4) is 5.69 Å². The second-order valence-corrected chi connectivity index (χ2v) is 4.38. The van der Waals surface area contributed by atoms with Crippen LogP contribution in [0.2, 0.25) is 5.02 Å². The Labute approximate surface area is 115 Å². The Morgan fingerprint density at radius 1 is 1.26 bits per heavy atom. The summed E-state index contributed by atoms with van der Waals surface area (Å²) in [4.78, 5) is 7.22. The first-order chi connectivity index (χ1) is 9.34. The smallest absolute Gasteiger partial charge is 0.125 e. The van der Waals surface area contributed by atoms with Gasteiger partial charge in [0.05, 0.1) is 17.3 Å². The maximum absolute atomic E-state index is 6.26. The highest BCUT2D eigenvalue weighted by Crippen LogP contribution is 2.28. The minimum atomic E-state index is 0.599. The van der Waals surface area contributed by atoms with Crippen molar-refractivity contribution < 1.29 is 0 Å². The third-order valence-electron chi connectivity index (χ3n) is 2.72. The Hall–Kier alpha value is -2.27. The monoisotopic (exact) mass is 273 g/mol. The summed E-state index contributed by atoms with van der Waals surface area (Å²) in [5, 5.41) is 8.17. The molecule has 0 fully saturated rings. The van der Waals surface area contributed by atoms with Gasteiger partial charge in [-0.1, -0.05) is 17.7 Å². The van der Waals surface area contributed by atoms with Crippen LogP contribution < -0.4 is 5.32 Å². The van der Waals surface area contributed by atoms with Gasteiger partial charge in [0.1, 0.15) is 11.5 Å². The van der Waals surface area contributed by atoms with E-state index < -0.39 is 0 Å². The van der Waals surface area contributed by atoms with Gasteiger partial charge in [-0.2, -0.15) is 5.10 Å². The molecular weight excluding hydrogens is 262 g/mol. The minimum Gasteiger partial charge on any atom is -0.376 e. The predicted octanol–water partition coefficient (Wildman–Crippen LogP) is 2.86. The van der Waals surface area contributed by atoms with Gasteiger partial charge in [0, 0.05) is 24.8 Å². The number of nitrogens with zero attached hydrogens (tertiary/aromatic N) is 3. The molecule has 19 heavy (non-hydrogen) atoms. The molecule has 0 saturated heterocycles. The molecule has 1 aromatic carbocycles. The number of benzene rings is 1. The molecule has 96 valence electrons. The summed E-state index contributed by atoms with van der Waals surface area (Å²) >= 11 is 6.26. The number of aromatic nitrogens is 4. The largest absolute Gasteiger partial charge is 0.376 e. The maximum atomic E-state index is 6.26. The topological polar surface area (TPSA) is 58.5 Å². The fraction of sp³-hybridized carbons (Fsp3) is 0.0769. The zero-order chi connectivity index (χ0) is 13.1. The first kappa shape index (κ1) is 11.8. The van der Waals surface area contributed by atoms with Crippen molar-refractivity contribution in [2.75, 3.05) is 5.32 Å². The number of rotatable bonds is 4. The lowest BCUT2D eigenvalue weighted by molar-refractivity contribution is 0.877. The van der Waals surface area contributed by atoms with E-state index in [1.54, 1.807) is 23.3 Å². The van der Waals surface area contributed by atoms with E-state index in [1.807, 2.05) is 30.5 Å². The van der Waals surface area contributed by atoms with E-state index in [0.29, 0.717) is 11.6 Å². The second-order valence-electron chi connectivity index (χ2n) is 3.98. The summed E-state index contributed by atoms with van der Waals surface area (Å²) in [6.07, 6.45) is 7.10. The first-order valence-corrected chi connectivity index (χ1v) is 6.23. The molecule has 0 aliphatic heterocycles. The molecule has 0 saturated carbocycles. The van der Waals surface area contributed by atoms with Crippen LogP contribution in [0.3, 0.4) is 0 Å². The van der Waals surface area contributed by atoms with E-state index in [-0.39, 0.29) is 0 Å². The number of aromatic amines is 1. The molecule has 2 N–H and O–H groups in total. The average Bonchev–Trinajstić information content (AvgIpc) is 3.09. The standard InChI is InChI=1S/C13H12ClN5/c14-10-3-1-4-11(13(10)19-8-2-5-18-19)17-9-12-15-6-7-16-12/h1-8,17H,9H2,(H,15,16). The fourth-order valence-corrected chi connectivity index (χ4v) is 2.13. The average molecular weight is 274 g/mol. The van der Waals surface area contributed by atoms with Gasteiger partial charge in [0.2, 0.25) is 0 Å². The molecule has 5 nitrogen and oxygen atoms in total. The molecule has 2 aromatic heterocycles. The van der Waals surface area contributed by atoms with E-state index in [9.17, 15) is 0 Å². The van der Waals surface area contributed by atoms with Gasteiger partial charge in [-0.05, 0) is 18.2 Å². The molecular formula is C13H12ClN5. The van der Waals surface area contributed by atoms with E-state index in [4.69, 9.17) is 11.6 Å². The molecule has 3 aromatic rings. The molecule has 0 aliphatic carbocycles. The normalized spacial score (nSPS) is 10.6. The summed E-state index contributed by atoms with van der Waals surface area (Å²) in [6.45, 7) is 0.599. The third kappa shape index (κ3) is 2.46. The summed E-state index contributed by atoms with van der Waals surface area (Å²) in [6, 6.07) is 7.57. The van der Waals surface area contributed by atoms with Crippen LogP contribution in [0.5, 0.6) is 0 Å². The highest BCUT2D eigenvalue weighted by molar-refractivity contribution is 6.33. The Kier molecular flexibility index (Phi) is 3.20. The first-order valence-electron chi connectivity index (χ1n) is 5.85. The number of hydrogen-bond acceptors (Lipinski definition) is 3. The zero-order valence-corrected chi connectivity index (χ0v) is 10.8. The van der Waals surface area contributed by atoms with Crippen LogP contribution in [-0.2, 0) is 6.54 Å². The van der Waals surface area contributed by atoms with Crippen molar-refractivity contribution in [3.63, 3.8) is 0 Å². The highest BCUT2D eigenvalue weighted by atomic mass is 35.5. The summed E-state index contributed by atoms with van der Waals surface area (Å²) in [5.74, 6) is 0.867. The van der Waals surface area contributed by atoms with Gasteiger partial charge in [-0.3, -0.25) is 0 Å². The van der Waals surface area contributed by atoms with Crippen LogP contribution in [-0.4, -0.2) is 19.7 Å². The number of imidazole rings is 1. The van der Waals surface area contributed by atoms with Crippen LogP contribution in [0.1, 0.15) is 5.82 Å². The maximum Gasteiger partial charge on any atom is 0.125 e. The lowest BCUT2D eigenvalue weighted by atomic mass is 10.2. The van der Waals surface area contributed by atoms with Crippen LogP contribution in [0.4, 0.5) is 5.69 Å². The van der Waals surface area contributed by atoms with Gasteiger partial charge in [0.15, 0.2) is 0 Å². The Bertz CT molecular complexity index is 646. The van der Waals surface area contributed by atoms with Gasteiger partial charge in [0.25, 0.3) is 0 Å². The van der Waals surface area contributed by atoms with Crippen molar-refractivity contribution >= 4 is 17.3 Å². The number of nitrogens with one attached hydrogen (secondary N) is 2. The summed E-state index contributed by atoms with van der Waals surface area (Å²) < 4.78 is 1.74. The van der Waals surface area contributed by atoms with E-state index in [1.165, 1.54) is 0 Å². The number of hydrogen-bond donors (Lipinski definition) is 2. The van der Waals surface area contributed by atoms with Crippen LogP contribution >= 0.6 is 11.6 Å². The van der Waals surface area contributed by atoms with Gasteiger partial charge in [-0.25, -0.2) is 9.67 Å². The molecule has 0 radical (unpaired) electrons. The number of para-hydroxylation sites is 1. The molecule has 2 heterocycles. The van der Waals surface area contributed by atoms with Crippen LogP contribution in [0, 0.1) is 0 Å². The van der Waals surface area contributed by atoms with E-state index in [0.717, 1.165) is 17.2 Å². The predicted molar refractivity (Wildman–Crippen MR) is 74.5 cm³/mol. The number of halogens is 1. The summed E-state index contributed by atoms with van der Waals surface area (Å²) in [5.41, 5.74) is 1.74. The molecule has 0 bridgehead atoms. The number of H-pyrrole nitrogens is 1. The second kappa shape index (κ2) is 5.16. The Balaban J connectivity index is 1.91. The minimum absolute atomic E-state index is 0.599. The van der Waals surface area contributed by atoms with Gasteiger partial charge in [-0.15, -0.1) is 0 Å². The molecule has 0 spiro atoms. The van der Waals surface area contributed by atoms with Crippen molar-refractivity contribution in [3.05, 3.63) is 59.9 Å². The van der Waals surface area contributed by atoms with Crippen molar-refractivity contribution in [2.45, 2.75) is 6.54 Å². The van der Waals surface area contributed by atoms with Crippen molar-refractivity contribution in [1.29, 1.82) is 0 Å². The van der Waals surface area contributed by atoms with Crippen LogP contribution in [0.25, 0.3) is 5.69 Å². The molecule has 0 aliphatic rings. The van der Waals surface area contributed by atoms with Crippen LogP contribution in [0.15, 0.2) is 49.1 Å².